The summed E-state index contributed by atoms with van der Waals surface area (Å²) in [5, 5.41) is 0. The third-order valence-electron chi connectivity index (χ3n) is 4.66. The van der Waals surface area contributed by atoms with E-state index in [1.165, 1.54) is 0 Å². The lowest BCUT2D eigenvalue weighted by atomic mass is 9.69. The van der Waals surface area contributed by atoms with E-state index in [1.807, 2.05) is 13.8 Å². The van der Waals surface area contributed by atoms with Gasteiger partial charge in [0.25, 0.3) is 0 Å². The maximum atomic E-state index is 12.1. The standard InChI is InChI=1S/C14H24O3/c1-5-13(12(15)16-6-2)14(17-13)8-7-10(3)9-11(14)4/h10-11H,5-9H2,1-4H3. The van der Waals surface area contributed by atoms with Crippen molar-refractivity contribution in [2.75, 3.05) is 6.61 Å². The van der Waals surface area contributed by atoms with E-state index >= 15 is 0 Å². The van der Waals surface area contributed by atoms with Crippen molar-refractivity contribution in [2.24, 2.45) is 11.8 Å². The molecule has 0 bridgehead atoms. The van der Waals surface area contributed by atoms with Gasteiger partial charge in [0.05, 0.1) is 6.61 Å². The predicted octanol–water partition coefficient (Wildman–Crippen LogP) is 2.92. The molecule has 4 unspecified atom stereocenters. The molecule has 1 aliphatic carbocycles. The van der Waals surface area contributed by atoms with Gasteiger partial charge in [0.2, 0.25) is 0 Å². The highest BCUT2D eigenvalue weighted by molar-refractivity contribution is 5.85. The van der Waals surface area contributed by atoms with E-state index in [1.54, 1.807) is 0 Å². The monoisotopic (exact) mass is 240 g/mol. The Kier molecular flexibility index (Phi) is 3.23. The van der Waals surface area contributed by atoms with E-state index < -0.39 is 5.60 Å². The van der Waals surface area contributed by atoms with Gasteiger partial charge in [0.1, 0.15) is 5.60 Å². The number of ether oxygens (including phenoxy) is 2. The molecule has 1 heterocycles. The first-order chi connectivity index (χ1) is 8.02. The van der Waals surface area contributed by atoms with Crippen molar-refractivity contribution in [1.82, 2.24) is 0 Å². The lowest BCUT2D eigenvalue weighted by Crippen LogP contribution is -2.42. The first-order valence-corrected chi connectivity index (χ1v) is 6.89. The number of hydrogen-bond donors (Lipinski definition) is 0. The van der Waals surface area contributed by atoms with Crippen LogP contribution in [0.5, 0.6) is 0 Å². The van der Waals surface area contributed by atoms with Gasteiger partial charge < -0.3 is 9.47 Å². The quantitative estimate of drug-likeness (QED) is 0.562. The number of rotatable bonds is 3. The van der Waals surface area contributed by atoms with Crippen LogP contribution in [0.25, 0.3) is 0 Å². The SMILES string of the molecule is CCOC(=O)C1(CC)OC12CCC(C)CC2C. The summed E-state index contributed by atoms with van der Waals surface area (Å²) in [6.45, 7) is 8.81. The molecule has 3 heteroatoms. The van der Waals surface area contributed by atoms with Crippen molar-refractivity contribution in [2.45, 2.75) is 64.6 Å². The number of hydrogen-bond acceptors (Lipinski definition) is 3. The highest BCUT2D eigenvalue weighted by Crippen LogP contribution is 2.62. The first-order valence-electron chi connectivity index (χ1n) is 6.89. The maximum absolute atomic E-state index is 12.1. The van der Waals surface area contributed by atoms with Crippen LogP contribution in [0.1, 0.15) is 53.4 Å². The van der Waals surface area contributed by atoms with Gasteiger partial charge in [0.15, 0.2) is 5.60 Å². The van der Waals surface area contributed by atoms with Gasteiger partial charge in [-0.05, 0) is 44.4 Å². The summed E-state index contributed by atoms with van der Waals surface area (Å²) in [5.41, 5.74) is -0.858. The minimum atomic E-state index is -0.636. The Morgan fingerprint density at radius 3 is 2.65 bits per heavy atom. The Morgan fingerprint density at radius 2 is 2.12 bits per heavy atom. The van der Waals surface area contributed by atoms with Crippen LogP contribution in [0.2, 0.25) is 0 Å². The third-order valence-corrected chi connectivity index (χ3v) is 4.66. The van der Waals surface area contributed by atoms with Gasteiger partial charge in [-0.15, -0.1) is 0 Å². The summed E-state index contributed by atoms with van der Waals surface area (Å²) < 4.78 is 11.2. The molecular formula is C14H24O3. The average molecular weight is 240 g/mol. The molecule has 2 aliphatic rings. The highest BCUT2D eigenvalue weighted by atomic mass is 16.7. The molecule has 0 radical (unpaired) electrons. The molecule has 17 heavy (non-hydrogen) atoms. The molecule has 0 aromatic rings. The minimum absolute atomic E-state index is 0.149. The van der Waals surface area contributed by atoms with Crippen LogP contribution < -0.4 is 0 Å². The van der Waals surface area contributed by atoms with E-state index in [2.05, 4.69) is 13.8 Å². The zero-order valence-corrected chi connectivity index (χ0v) is 11.4. The van der Waals surface area contributed by atoms with Crippen LogP contribution in [0.3, 0.4) is 0 Å². The van der Waals surface area contributed by atoms with Gasteiger partial charge in [0, 0.05) is 0 Å². The number of esters is 1. The number of carbonyl (C=O) groups is 1. The second-order valence-electron chi connectivity index (χ2n) is 5.67. The normalized spacial score (nSPS) is 44.7. The van der Waals surface area contributed by atoms with E-state index in [0.29, 0.717) is 12.5 Å². The Bertz CT molecular complexity index is 315. The third kappa shape index (κ3) is 1.70. The molecule has 2 fully saturated rings. The zero-order valence-electron chi connectivity index (χ0n) is 11.4. The largest absolute Gasteiger partial charge is 0.464 e. The van der Waals surface area contributed by atoms with Crippen LogP contribution in [-0.4, -0.2) is 23.8 Å². The predicted molar refractivity (Wildman–Crippen MR) is 65.7 cm³/mol. The van der Waals surface area contributed by atoms with Crippen LogP contribution in [0.15, 0.2) is 0 Å². The van der Waals surface area contributed by atoms with Crippen molar-refractivity contribution in [1.29, 1.82) is 0 Å². The van der Waals surface area contributed by atoms with E-state index in [4.69, 9.17) is 9.47 Å². The lowest BCUT2D eigenvalue weighted by molar-refractivity contribution is -0.149. The van der Waals surface area contributed by atoms with Gasteiger partial charge in [-0.25, -0.2) is 4.79 Å². The van der Waals surface area contributed by atoms with Crippen LogP contribution in [-0.2, 0) is 14.3 Å². The topological polar surface area (TPSA) is 38.8 Å². The minimum Gasteiger partial charge on any atom is -0.464 e. The molecule has 1 spiro atoms. The van der Waals surface area contributed by atoms with E-state index in [0.717, 1.165) is 31.6 Å². The Morgan fingerprint density at radius 1 is 1.41 bits per heavy atom. The highest BCUT2D eigenvalue weighted by Gasteiger charge is 2.76. The summed E-state index contributed by atoms with van der Waals surface area (Å²) in [7, 11) is 0. The summed E-state index contributed by atoms with van der Waals surface area (Å²) in [6.07, 6.45) is 4.04. The van der Waals surface area contributed by atoms with Gasteiger partial charge in [-0.1, -0.05) is 20.8 Å². The maximum Gasteiger partial charge on any atom is 0.341 e. The zero-order chi connectivity index (χ0) is 12.7. The van der Waals surface area contributed by atoms with Crippen molar-refractivity contribution in [3.05, 3.63) is 0 Å². The Labute approximate surface area is 104 Å². The van der Waals surface area contributed by atoms with Gasteiger partial charge in [-0.2, -0.15) is 0 Å². The molecule has 4 atom stereocenters. The fourth-order valence-electron chi connectivity index (χ4n) is 3.63. The number of carbonyl (C=O) groups excluding carboxylic acids is 1. The number of epoxide rings is 1. The van der Waals surface area contributed by atoms with Crippen LogP contribution >= 0.6 is 0 Å². The Hall–Kier alpha value is -0.570. The second-order valence-corrected chi connectivity index (χ2v) is 5.67. The van der Waals surface area contributed by atoms with Crippen molar-refractivity contribution in [3.63, 3.8) is 0 Å². The smallest absolute Gasteiger partial charge is 0.341 e. The molecule has 0 amide bonds. The molecule has 98 valence electrons. The molecular weight excluding hydrogens is 216 g/mol. The van der Waals surface area contributed by atoms with Crippen molar-refractivity contribution >= 4 is 5.97 Å². The summed E-state index contributed by atoms with van der Waals surface area (Å²) in [4.78, 5) is 12.1. The fraction of sp³-hybridized carbons (Fsp3) is 0.929. The van der Waals surface area contributed by atoms with E-state index in [-0.39, 0.29) is 11.6 Å². The molecule has 0 N–H and O–H groups in total. The van der Waals surface area contributed by atoms with Crippen LogP contribution in [0.4, 0.5) is 0 Å². The van der Waals surface area contributed by atoms with Crippen molar-refractivity contribution < 1.29 is 14.3 Å². The van der Waals surface area contributed by atoms with E-state index in [9.17, 15) is 4.79 Å². The first kappa shape index (κ1) is 12.9. The fourth-order valence-corrected chi connectivity index (χ4v) is 3.63. The Balaban J connectivity index is 2.16. The van der Waals surface area contributed by atoms with Crippen molar-refractivity contribution in [3.8, 4) is 0 Å². The molecule has 3 nitrogen and oxygen atoms in total. The molecule has 1 saturated heterocycles. The summed E-state index contributed by atoms with van der Waals surface area (Å²) in [5.74, 6) is 1.05. The average Bonchev–Trinajstić information content (AvgIpc) is 2.96. The molecule has 1 aliphatic heterocycles. The summed E-state index contributed by atoms with van der Waals surface area (Å²) in [6, 6.07) is 0. The molecule has 0 aromatic carbocycles. The van der Waals surface area contributed by atoms with Gasteiger partial charge >= 0.3 is 5.97 Å². The second kappa shape index (κ2) is 4.27. The molecule has 1 saturated carbocycles. The van der Waals surface area contributed by atoms with Gasteiger partial charge in [-0.3, -0.25) is 0 Å². The molecule has 0 aromatic heterocycles. The lowest BCUT2D eigenvalue weighted by Gasteiger charge is -2.32. The molecule has 2 rings (SSSR count). The van der Waals surface area contributed by atoms with Crippen LogP contribution in [0, 0.1) is 11.8 Å². The summed E-state index contributed by atoms with van der Waals surface area (Å²) >= 11 is 0.